The highest BCUT2D eigenvalue weighted by Crippen LogP contribution is 2.21. The average molecular weight is 465 g/mol. The van der Waals surface area contributed by atoms with Crippen molar-refractivity contribution in [3.05, 3.63) is 83.2 Å². The van der Waals surface area contributed by atoms with Gasteiger partial charge in [-0.25, -0.2) is 4.39 Å². The van der Waals surface area contributed by atoms with Crippen molar-refractivity contribution in [3.63, 3.8) is 0 Å². The molecule has 3 heterocycles. The van der Waals surface area contributed by atoms with Gasteiger partial charge in [0.15, 0.2) is 5.16 Å². The predicted octanol–water partition coefficient (Wildman–Crippen LogP) is 2.46. The maximum absolute atomic E-state index is 14.0. The summed E-state index contributed by atoms with van der Waals surface area (Å²) in [6.45, 7) is 2.20. The molecule has 0 bridgehead atoms. The Kier molecular flexibility index (Phi) is 5.82. The molecule has 1 fully saturated rings. The van der Waals surface area contributed by atoms with E-state index >= 15 is 0 Å². The van der Waals surface area contributed by atoms with Crippen molar-refractivity contribution in [2.24, 2.45) is 0 Å². The molecule has 168 valence electrons. The molecule has 2 aromatic heterocycles. The quantitative estimate of drug-likeness (QED) is 0.423. The summed E-state index contributed by atoms with van der Waals surface area (Å²) in [7, 11) is 0. The number of halogens is 1. The van der Waals surface area contributed by atoms with E-state index in [9.17, 15) is 14.0 Å². The summed E-state index contributed by atoms with van der Waals surface area (Å²) in [6.07, 6.45) is 3.39. The molecule has 0 N–H and O–H groups in total. The zero-order valence-corrected chi connectivity index (χ0v) is 18.5. The van der Waals surface area contributed by atoms with Gasteiger partial charge in [-0.1, -0.05) is 42.1 Å². The maximum Gasteiger partial charge on any atom is 0.300 e. The number of carbonyl (C=O) groups is 1. The molecule has 0 spiro atoms. The molecule has 1 aliphatic heterocycles. The van der Waals surface area contributed by atoms with E-state index < -0.39 is 0 Å². The summed E-state index contributed by atoms with van der Waals surface area (Å²) < 4.78 is 17.1. The van der Waals surface area contributed by atoms with Gasteiger partial charge in [-0.3, -0.25) is 18.6 Å². The molecule has 5 rings (SSSR count). The van der Waals surface area contributed by atoms with Crippen molar-refractivity contribution < 1.29 is 9.18 Å². The van der Waals surface area contributed by atoms with Crippen LogP contribution in [0.25, 0.3) is 11.3 Å². The topological polar surface area (TPSA) is 75.7 Å². The highest BCUT2D eigenvalue weighted by atomic mass is 32.2. The van der Waals surface area contributed by atoms with E-state index in [-0.39, 0.29) is 28.7 Å². The standard InChI is InChI=1S/C23H21FN6O2S/c24-18-8-4-5-9-19(18)27-10-12-28(13-11-27)20(31)16-33-23-26-25-21-22(32)29(14-15-30(21)23)17-6-2-1-3-7-17/h1-9,14-15H,10-13,16H2. The summed E-state index contributed by atoms with van der Waals surface area (Å²) in [5.41, 5.74) is 1.23. The number of nitrogens with zero attached hydrogens (tertiary/aromatic N) is 6. The van der Waals surface area contributed by atoms with Crippen molar-refractivity contribution in [2.75, 3.05) is 36.8 Å². The molecule has 2 aromatic carbocycles. The summed E-state index contributed by atoms with van der Waals surface area (Å²) in [4.78, 5) is 29.3. The van der Waals surface area contributed by atoms with Crippen LogP contribution in [-0.2, 0) is 4.79 Å². The van der Waals surface area contributed by atoms with Crippen LogP contribution in [0, 0.1) is 5.82 Å². The van der Waals surface area contributed by atoms with Gasteiger partial charge < -0.3 is 9.80 Å². The number of piperazine rings is 1. The van der Waals surface area contributed by atoms with Gasteiger partial charge in [-0.15, -0.1) is 10.2 Å². The number of benzene rings is 2. The van der Waals surface area contributed by atoms with Crippen LogP contribution in [0.1, 0.15) is 0 Å². The van der Waals surface area contributed by atoms with E-state index in [4.69, 9.17) is 0 Å². The van der Waals surface area contributed by atoms with Gasteiger partial charge in [0.05, 0.1) is 11.4 Å². The number of rotatable bonds is 5. The van der Waals surface area contributed by atoms with E-state index in [0.29, 0.717) is 37.0 Å². The van der Waals surface area contributed by atoms with Crippen LogP contribution in [0.2, 0.25) is 0 Å². The molecule has 0 aliphatic carbocycles. The number of aromatic nitrogens is 4. The number of thioether (sulfide) groups is 1. The van der Waals surface area contributed by atoms with Crippen LogP contribution < -0.4 is 10.5 Å². The molecule has 1 saturated heterocycles. The zero-order chi connectivity index (χ0) is 22.8. The molecule has 1 amide bonds. The van der Waals surface area contributed by atoms with E-state index in [1.807, 2.05) is 41.3 Å². The Balaban J connectivity index is 1.23. The third-order valence-corrected chi connectivity index (χ3v) is 6.55. The van der Waals surface area contributed by atoms with Crippen LogP contribution in [0.15, 0.2) is 76.9 Å². The second-order valence-electron chi connectivity index (χ2n) is 7.59. The van der Waals surface area contributed by atoms with Crippen LogP contribution in [0.5, 0.6) is 0 Å². The molecule has 10 heteroatoms. The van der Waals surface area contributed by atoms with Crippen LogP contribution in [-0.4, -0.2) is 61.9 Å². The lowest BCUT2D eigenvalue weighted by Gasteiger charge is -2.36. The Morgan fingerprint density at radius 3 is 2.42 bits per heavy atom. The summed E-state index contributed by atoms with van der Waals surface area (Å²) in [6, 6.07) is 16.0. The van der Waals surface area contributed by atoms with Crippen LogP contribution in [0.3, 0.4) is 0 Å². The Bertz CT molecular complexity index is 1350. The summed E-state index contributed by atoms with van der Waals surface area (Å²) in [5, 5.41) is 8.64. The maximum atomic E-state index is 14.0. The monoisotopic (exact) mass is 464 g/mol. The fourth-order valence-corrected chi connectivity index (χ4v) is 4.70. The minimum Gasteiger partial charge on any atom is -0.366 e. The van der Waals surface area contributed by atoms with E-state index in [0.717, 1.165) is 5.69 Å². The smallest absolute Gasteiger partial charge is 0.300 e. The first-order valence-electron chi connectivity index (χ1n) is 10.5. The van der Waals surface area contributed by atoms with Gasteiger partial charge in [0.2, 0.25) is 11.6 Å². The summed E-state index contributed by atoms with van der Waals surface area (Å²) >= 11 is 1.24. The van der Waals surface area contributed by atoms with Gasteiger partial charge in [0, 0.05) is 44.3 Å². The molecular weight excluding hydrogens is 443 g/mol. The van der Waals surface area contributed by atoms with Gasteiger partial charge in [0.1, 0.15) is 5.82 Å². The SMILES string of the molecule is O=C(CSc1nnc2c(=O)n(-c3ccccc3)ccn12)N1CCN(c2ccccc2F)CC1. The summed E-state index contributed by atoms with van der Waals surface area (Å²) in [5.74, 6) is -0.0946. The van der Waals surface area contributed by atoms with Crippen LogP contribution in [0.4, 0.5) is 10.1 Å². The Morgan fingerprint density at radius 2 is 1.67 bits per heavy atom. The first-order chi connectivity index (χ1) is 16.1. The van der Waals surface area contributed by atoms with E-state index in [1.54, 1.807) is 33.8 Å². The van der Waals surface area contributed by atoms with Gasteiger partial charge >= 0.3 is 5.56 Å². The number of amides is 1. The third kappa shape index (κ3) is 4.21. The molecule has 8 nitrogen and oxygen atoms in total. The van der Waals surface area contributed by atoms with Gasteiger partial charge in [-0.2, -0.15) is 0 Å². The molecule has 0 saturated carbocycles. The second-order valence-corrected chi connectivity index (χ2v) is 8.54. The minimum atomic E-state index is -0.279. The van der Waals surface area contributed by atoms with Crippen LogP contribution >= 0.6 is 11.8 Å². The fourth-order valence-electron chi connectivity index (χ4n) is 3.88. The minimum absolute atomic E-state index is 0.0254. The predicted molar refractivity (Wildman–Crippen MR) is 125 cm³/mol. The molecule has 0 atom stereocenters. The number of para-hydroxylation sites is 2. The lowest BCUT2D eigenvalue weighted by molar-refractivity contribution is -0.128. The molecule has 33 heavy (non-hydrogen) atoms. The Morgan fingerprint density at radius 1 is 0.939 bits per heavy atom. The highest BCUT2D eigenvalue weighted by Gasteiger charge is 2.23. The first-order valence-corrected chi connectivity index (χ1v) is 11.5. The Hall–Kier alpha value is -3.66. The van der Waals surface area contributed by atoms with Crippen molar-refractivity contribution in [2.45, 2.75) is 5.16 Å². The van der Waals surface area contributed by atoms with E-state index in [1.165, 1.54) is 22.4 Å². The normalized spacial score (nSPS) is 14.1. The van der Waals surface area contributed by atoms with Crippen molar-refractivity contribution in [1.29, 1.82) is 0 Å². The first kappa shape index (κ1) is 21.2. The Labute approximate surface area is 193 Å². The molecule has 0 unspecified atom stereocenters. The van der Waals surface area contributed by atoms with Crippen molar-refractivity contribution in [1.82, 2.24) is 24.1 Å². The lowest BCUT2D eigenvalue weighted by Crippen LogP contribution is -2.49. The average Bonchev–Trinajstić information content (AvgIpc) is 3.28. The number of fused-ring (bicyclic) bond motifs is 1. The van der Waals surface area contributed by atoms with Crippen molar-refractivity contribution in [3.8, 4) is 5.69 Å². The highest BCUT2D eigenvalue weighted by molar-refractivity contribution is 7.99. The van der Waals surface area contributed by atoms with Gasteiger partial charge in [0.25, 0.3) is 0 Å². The second kappa shape index (κ2) is 9.07. The number of hydrogen-bond acceptors (Lipinski definition) is 6. The van der Waals surface area contributed by atoms with Gasteiger partial charge in [-0.05, 0) is 24.3 Å². The number of anilines is 1. The molecular formula is C23H21FN6O2S. The third-order valence-electron chi connectivity index (χ3n) is 5.62. The molecule has 4 aromatic rings. The largest absolute Gasteiger partial charge is 0.366 e. The van der Waals surface area contributed by atoms with Crippen molar-refractivity contribution >= 4 is 29.0 Å². The fraction of sp³-hybridized carbons (Fsp3) is 0.217. The lowest BCUT2D eigenvalue weighted by atomic mass is 10.2. The zero-order valence-electron chi connectivity index (χ0n) is 17.7. The molecule has 1 aliphatic rings. The number of hydrogen-bond donors (Lipinski definition) is 0. The number of carbonyl (C=O) groups excluding carboxylic acids is 1. The molecule has 0 radical (unpaired) electrons. The van der Waals surface area contributed by atoms with E-state index in [2.05, 4.69) is 10.2 Å².